The molecular formula is C19H22N4O. The number of benzene rings is 1. The van der Waals surface area contributed by atoms with Crippen LogP contribution in [0, 0.1) is 5.92 Å². The number of aromatic nitrogens is 3. The summed E-state index contributed by atoms with van der Waals surface area (Å²) in [6.45, 7) is 2.79. The predicted molar refractivity (Wildman–Crippen MR) is 95.4 cm³/mol. The molecule has 5 nitrogen and oxygen atoms in total. The lowest BCUT2D eigenvalue weighted by Gasteiger charge is -2.32. The first kappa shape index (κ1) is 15.0. The lowest BCUT2D eigenvalue weighted by Crippen LogP contribution is -2.37. The third-order valence-corrected chi connectivity index (χ3v) is 4.77. The van der Waals surface area contributed by atoms with E-state index < -0.39 is 0 Å². The molecule has 0 saturated carbocycles. The second-order valence-electron chi connectivity index (χ2n) is 6.37. The van der Waals surface area contributed by atoms with Crippen molar-refractivity contribution in [2.75, 3.05) is 24.6 Å². The molecule has 2 aromatic heterocycles. The number of para-hydroxylation sites is 2. The van der Waals surface area contributed by atoms with Crippen LogP contribution in [0.1, 0.15) is 12.8 Å². The number of fused-ring (bicyclic) bond motifs is 1. The first-order valence-electron chi connectivity index (χ1n) is 8.51. The van der Waals surface area contributed by atoms with Crippen molar-refractivity contribution >= 4 is 17.0 Å². The standard InChI is InChI=1S/C19H22N4O/c1-22-17-7-3-2-6-16(17)21-19(22)23-12-9-15(10-13-23)14-24-18-8-4-5-11-20-18/h2-8,11,15H,9-10,12-14H2,1H3. The molecule has 0 N–H and O–H groups in total. The second kappa shape index (κ2) is 6.51. The van der Waals surface area contributed by atoms with Crippen LogP contribution in [0.25, 0.3) is 11.0 Å². The maximum absolute atomic E-state index is 5.81. The smallest absolute Gasteiger partial charge is 0.213 e. The van der Waals surface area contributed by atoms with E-state index in [1.54, 1.807) is 6.20 Å². The zero-order chi connectivity index (χ0) is 16.4. The molecule has 4 rings (SSSR count). The molecule has 124 valence electrons. The second-order valence-corrected chi connectivity index (χ2v) is 6.37. The fraction of sp³-hybridized carbons (Fsp3) is 0.368. The quantitative estimate of drug-likeness (QED) is 0.739. The van der Waals surface area contributed by atoms with Gasteiger partial charge in [0.15, 0.2) is 0 Å². The Morgan fingerprint density at radius 3 is 2.62 bits per heavy atom. The fourth-order valence-electron chi connectivity index (χ4n) is 3.35. The van der Waals surface area contributed by atoms with Crippen molar-refractivity contribution in [2.24, 2.45) is 13.0 Å². The number of ether oxygens (including phenoxy) is 1. The van der Waals surface area contributed by atoms with Gasteiger partial charge in [-0.05, 0) is 37.0 Å². The molecule has 0 radical (unpaired) electrons. The highest BCUT2D eigenvalue weighted by atomic mass is 16.5. The Labute approximate surface area is 141 Å². The van der Waals surface area contributed by atoms with Crippen molar-refractivity contribution in [3.63, 3.8) is 0 Å². The average Bonchev–Trinajstić information content (AvgIpc) is 2.98. The Morgan fingerprint density at radius 2 is 1.88 bits per heavy atom. The molecule has 1 saturated heterocycles. The molecule has 0 amide bonds. The lowest BCUT2D eigenvalue weighted by molar-refractivity contribution is 0.215. The topological polar surface area (TPSA) is 43.2 Å². The number of aryl methyl sites for hydroxylation is 1. The van der Waals surface area contributed by atoms with Crippen LogP contribution in [0.3, 0.4) is 0 Å². The van der Waals surface area contributed by atoms with Gasteiger partial charge in [-0.25, -0.2) is 9.97 Å². The van der Waals surface area contributed by atoms with Gasteiger partial charge in [0.1, 0.15) is 0 Å². The van der Waals surface area contributed by atoms with Gasteiger partial charge in [0.05, 0.1) is 17.6 Å². The van der Waals surface area contributed by atoms with E-state index in [0.29, 0.717) is 5.92 Å². The number of rotatable bonds is 4. The van der Waals surface area contributed by atoms with E-state index >= 15 is 0 Å². The summed E-state index contributed by atoms with van der Waals surface area (Å²) in [5.41, 5.74) is 2.25. The van der Waals surface area contributed by atoms with E-state index in [0.717, 1.165) is 49.9 Å². The summed E-state index contributed by atoms with van der Waals surface area (Å²) >= 11 is 0. The molecule has 1 aliphatic rings. The van der Waals surface area contributed by atoms with Crippen LogP contribution in [-0.4, -0.2) is 34.2 Å². The number of pyridine rings is 1. The third-order valence-electron chi connectivity index (χ3n) is 4.77. The van der Waals surface area contributed by atoms with Gasteiger partial charge in [-0.15, -0.1) is 0 Å². The monoisotopic (exact) mass is 322 g/mol. The Balaban J connectivity index is 1.38. The largest absolute Gasteiger partial charge is 0.477 e. The third kappa shape index (κ3) is 2.94. The highest BCUT2D eigenvalue weighted by Gasteiger charge is 2.23. The van der Waals surface area contributed by atoms with Crippen LogP contribution >= 0.6 is 0 Å². The highest BCUT2D eigenvalue weighted by Crippen LogP contribution is 2.26. The van der Waals surface area contributed by atoms with Crippen LogP contribution in [0.4, 0.5) is 5.95 Å². The van der Waals surface area contributed by atoms with Crippen molar-refractivity contribution in [3.8, 4) is 5.88 Å². The van der Waals surface area contributed by atoms with Gasteiger partial charge in [-0.2, -0.15) is 0 Å². The predicted octanol–water partition coefficient (Wildman–Crippen LogP) is 3.26. The van der Waals surface area contributed by atoms with Crippen molar-refractivity contribution in [2.45, 2.75) is 12.8 Å². The Hall–Kier alpha value is -2.56. The summed E-state index contributed by atoms with van der Waals surface area (Å²) in [5, 5.41) is 0. The van der Waals surface area contributed by atoms with Crippen LogP contribution in [0.5, 0.6) is 5.88 Å². The van der Waals surface area contributed by atoms with Crippen LogP contribution < -0.4 is 9.64 Å². The normalized spacial score (nSPS) is 15.8. The van der Waals surface area contributed by atoms with E-state index in [-0.39, 0.29) is 0 Å². The van der Waals surface area contributed by atoms with E-state index in [2.05, 4.69) is 39.7 Å². The van der Waals surface area contributed by atoms with E-state index in [1.165, 1.54) is 5.52 Å². The Bertz CT molecular complexity index is 807. The maximum Gasteiger partial charge on any atom is 0.213 e. The van der Waals surface area contributed by atoms with Gasteiger partial charge in [0, 0.05) is 32.4 Å². The molecule has 1 aromatic carbocycles. The van der Waals surface area contributed by atoms with Gasteiger partial charge >= 0.3 is 0 Å². The van der Waals surface area contributed by atoms with E-state index in [1.807, 2.05) is 24.3 Å². The van der Waals surface area contributed by atoms with Crippen LogP contribution in [0.2, 0.25) is 0 Å². The van der Waals surface area contributed by atoms with Gasteiger partial charge in [-0.3, -0.25) is 0 Å². The van der Waals surface area contributed by atoms with Gasteiger partial charge in [0.2, 0.25) is 11.8 Å². The maximum atomic E-state index is 5.81. The average molecular weight is 322 g/mol. The minimum absolute atomic E-state index is 0.581. The van der Waals surface area contributed by atoms with Crippen LogP contribution in [-0.2, 0) is 7.05 Å². The SMILES string of the molecule is Cn1c(N2CCC(COc3ccccn3)CC2)nc2ccccc21. The number of hydrogen-bond acceptors (Lipinski definition) is 4. The molecule has 3 aromatic rings. The summed E-state index contributed by atoms with van der Waals surface area (Å²) in [7, 11) is 2.10. The minimum atomic E-state index is 0.581. The molecule has 1 aliphatic heterocycles. The highest BCUT2D eigenvalue weighted by molar-refractivity contribution is 5.78. The fourth-order valence-corrected chi connectivity index (χ4v) is 3.35. The van der Waals surface area contributed by atoms with E-state index in [4.69, 9.17) is 9.72 Å². The molecule has 3 heterocycles. The molecule has 0 atom stereocenters. The number of hydrogen-bond donors (Lipinski definition) is 0. The molecule has 1 fully saturated rings. The van der Waals surface area contributed by atoms with Crippen LogP contribution in [0.15, 0.2) is 48.7 Å². The summed E-state index contributed by atoms with van der Waals surface area (Å²) in [6, 6.07) is 14.1. The molecule has 5 heteroatoms. The number of piperidine rings is 1. The lowest BCUT2D eigenvalue weighted by atomic mass is 9.98. The molecule has 0 aliphatic carbocycles. The van der Waals surface area contributed by atoms with Crippen molar-refractivity contribution in [1.29, 1.82) is 0 Å². The number of nitrogens with zero attached hydrogens (tertiary/aromatic N) is 4. The van der Waals surface area contributed by atoms with Crippen molar-refractivity contribution in [1.82, 2.24) is 14.5 Å². The first-order chi connectivity index (χ1) is 11.8. The van der Waals surface area contributed by atoms with Gasteiger partial charge in [0.25, 0.3) is 0 Å². The van der Waals surface area contributed by atoms with E-state index in [9.17, 15) is 0 Å². The zero-order valence-electron chi connectivity index (χ0n) is 13.9. The minimum Gasteiger partial charge on any atom is -0.477 e. The Morgan fingerprint density at radius 1 is 1.08 bits per heavy atom. The van der Waals surface area contributed by atoms with Gasteiger partial charge in [-0.1, -0.05) is 18.2 Å². The zero-order valence-corrected chi connectivity index (χ0v) is 13.9. The first-order valence-corrected chi connectivity index (χ1v) is 8.51. The summed E-state index contributed by atoms with van der Waals surface area (Å²) < 4.78 is 8.00. The van der Waals surface area contributed by atoms with Crippen molar-refractivity contribution in [3.05, 3.63) is 48.7 Å². The molecule has 24 heavy (non-hydrogen) atoms. The Kier molecular flexibility index (Phi) is 4.07. The summed E-state index contributed by atoms with van der Waals surface area (Å²) in [6.07, 6.45) is 4.01. The molecular weight excluding hydrogens is 300 g/mol. The van der Waals surface area contributed by atoms with Gasteiger partial charge < -0.3 is 14.2 Å². The summed E-state index contributed by atoms with van der Waals surface area (Å²) in [5.74, 6) is 2.37. The number of imidazole rings is 1. The van der Waals surface area contributed by atoms with Crippen molar-refractivity contribution < 1.29 is 4.74 Å². The molecule has 0 spiro atoms. The summed E-state index contributed by atoms with van der Waals surface area (Å²) in [4.78, 5) is 11.4. The number of anilines is 1. The molecule has 0 bridgehead atoms. The molecule has 0 unspecified atom stereocenters.